The van der Waals surface area contributed by atoms with E-state index in [1.165, 1.54) is 0 Å². The first-order valence-corrected chi connectivity index (χ1v) is 6.79. The van der Waals surface area contributed by atoms with Gasteiger partial charge in [0.25, 0.3) is 5.91 Å². The zero-order chi connectivity index (χ0) is 15.9. The van der Waals surface area contributed by atoms with Crippen LogP contribution in [0.1, 0.15) is 17.3 Å². The van der Waals surface area contributed by atoms with E-state index in [0.717, 1.165) is 0 Å². The number of benzene rings is 2. The normalized spacial score (nSPS) is 9.86. The van der Waals surface area contributed by atoms with Crippen LogP contribution in [0.15, 0.2) is 48.5 Å². The Bertz CT molecular complexity index is 669. The average molecular weight is 299 g/mol. The van der Waals surface area contributed by atoms with Crippen LogP contribution >= 0.6 is 0 Å². The summed E-state index contributed by atoms with van der Waals surface area (Å²) >= 11 is 0. The Hall–Kier alpha value is -3.02. The van der Waals surface area contributed by atoms with E-state index in [9.17, 15) is 9.59 Å². The number of primary amides is 1. The Morgan fingerprint density at radius 2 is 1.68 bits per heavy atom. The van der Waals surface area contributed by atoms with Gasteiger partial charge in [-0.1, -0.05) is 6.07 Å². The van der Waals surface area contributed by atoms with Gasteiger partial charge in [-0.15, -0.1) is 0 Å². The van der Waals surface area contributed by atoms with Gasteiger partial charge in [0.05, 0.1) is 6.61 Å². The number of urea groups is 1. The van der Waals surface area contributed by atoms with E-state index in [-0.39, 0.29) is 5.91 Å². The molecule has 6 heteroatoms. The highest BCUT2D eigenvalue weighted by Gasteiger charge is 2.07. The lowest BCUT2D eigenvalue weighted by Gasteiger charge is -2.08. The number of carbonyl (C=O) groups is 2. The fraction of sp³-hybridized carbons (Fsp3) is 0.125. The number of hydrogen-bond acceptors (Lipinski definition) is 3. The van der Waals surface area contributed by atoms with E-state index < -0.39 is 6.03 Å². The number of anilines is 2. The molecule has 0 spiro atoms. The number of ether oxygens (including phenoxy) is 1. The van der Waals surface area contributed by atoms with Crippen LogP contribution in [0.5, 0.6) is 5.75 Å². The monoisotopic (exact) mass is 299 g/mol. The van der Waals surface area contributed by atoms with E-state index in [2.05, 4.69) is 10.6 Å². The maximum atomic E-state index is 12.2. The average Bonchev–Trinajstić information content (AvgIpc) is 2.48. The van der Waals surface area contributed by atoms with Crippen LogP contribution in [0.25, 0.3) is 0 Å². The smallest absolute Gasteiger partial charge is 0.316 e. The zero-order valence-corrected chi connectivity index (χ0v) is 12.1. The number of carbonyl (C=O) groups excluding carboxylic acids is 2. The molecule has 0 atom stereocenters. The Morgan fingerprint density at radius 3 is 2.27 bits per heavy atom. The Kier molecular flexibility index (Phi) is 4.98. The highest BCUT2D eigenvalue weighted by atomic mass is 16.5. The van der Waals surface area contributed by atoms with E-state index in [0.29, 0.717) is 29.3 Å². The summed E-state index contributed by atoms with van der Waals surface area (Å²) in [7, 11) is 0. The van der Waals surface area contributed by atoms with Crippen LogP contribution in [-0.4, -0.2) is 18.5 Å². The van der Waals surface area contributed by atoms with Crippen molar-refractivity contribution in [1.82, 2.24) is 0 Å². The lowest BCUT2D eigenvalue weighted by molar-refractivity contribution is 0.102. The molecule has 0 bridgehead atoms. The van der Waals surface area contributed by atoms with Crippen LogP contribution in [0.2, 0.25) is 0 Å². The summed E-state index contributed by atoms with van der Waals surface area (Å²) in [4.78, 5) is 23.0. The Balaban J connectivity index is 2.06. The number of nitrogens with one attached hydrogen (secondary N) is 2. The van der Waals surface area contributed by atoms with Gasteiger partial charge in [0.1, 0.15) is 5.75 Å². The summed E-state index contributed by atoms with van der Waals surface area (Å²) < 4.78 is 5.33. The molecule has 0 unspecified atom stereocenters. The molecule has 6 nitrogen and oxygen atoms in total. The van der Waals surface area contributed by atoms with Gasteiger partial charge in [-0.3, -0.25) is 4.79 Å². The van der Waals surface area contributed by atoms with Crippen molar-refractivity contribution >= 4 is 23.3 Å². The van der Waals surface area contributed by atoms with Gasteiger partial charge in [-0.2, -0.15) is 0 Å². The lowest BCUT2D eigenvalue weighted by Crippen LogP contribution is -2.19. The minimum Gasteiger partial charge on any atom is -0.494 e. The van der Waals surface area contributed by atoms with E-state index in [4.69, 9.17) is 10.5 Å². The van der Waals surface area contributed by atoms with Crippen molar-refractivity contribution < 1.29 is 14.3 Å². The molecule has 22 heavy (non-hydrogen) atoms. The number of rotatable bonds is 5. The first-order chi connectivity index (χ1) is 10.6. The molecule has 2 rings (SSSR count). The minimum absolute atomic E-state index is 0.251. The van der Waals surface area contributed by atoms with Crippen molar-refractivity contribution in [2.75, 3.05) is 17.2 Å². The van der Waals surface area contributed by atoms with Crippen LogP contribution < -0.4 is 21.1 Å². The predicted octanol–water partition coefficient (Wildman–Crippen LogP) is 2.83. The molecule has 0 aliphatic carbocycles. The van der Waals surface area contributed by atoms with E-state index in [1.54, 1.807) is 48.5 Å². The van der Waals surface area contributed by atoms with Crippen molar-refractivity contribution in [1.29, 1.82) is 0 Å². The van der Waals surface area contributed by atoms with Crippen molar-refractivity contribution in [2.24, 2.45) is 5.73 Å². The van der Waals surface area contributed by atoms with E-state index >= 15 is 0 Å². The third-order valence-corrected chi connectivity index (χ3v) is 2.82. The number of amides is 3. The lowest BCUT2D eigenvalue weighted by atomic mass is 10.2. The van der Waals surface area contributed by atoms with Crippen LogP contribution in [0, 0.1) is 0 Å². The summed E-state index contributed by atoms with van der Waals surface area (Å²) in [5, 5.41) is 5.20. The highest BCUT2D eigenvalue weighted by Crippen LogP contribution is 2.17. The summed E-state index contributed by atoms with van der Waals surface area (Å²) in [6.45, 7) is 2.47. The molecule has 0 saturated carbocycles. The highest BCUT2D eigenvalue weighted by molar-refractivity contribution is 6.04. The molecule has 0 aliphatic heterocycles. The fourth-order valence-electron chi connectivity index (χ4n) is 1.89. The van der Waals surface area contributed by atoms with Crippen molar-refractivity contribution in [3.05, 3.63) is 54.1 Å². The second kappa shape index (κ2) is 7.12. The van der Waals surface area contributed by atoms with Crippen LogP contribution in [0.4, 0.5) is 16.2 Å². The quantitative estimate of drug-likeness (QED) is 0.792. The maximum absolute atomic E-state index is 12.2. The molecule has 4 N–H and O–H groups in total. The molecule has 0 saturated heterocycles. The van der Waals surface area contributed by atoms with Crippen molar-refractivity contribution in [3.63, 3.8) is 0 Å². The van der Waals surface area contributed by atoms with Crippen LogP contribution in [-0.2, 0) is 0 Å². The van der Waals surface area contributed by atoms with Gasteiger partial charge in [0.2, 0.25) is 0 Å². The molecule has 3 amide bonds. The van der Waals surface area contributed by atoms with Gasteiger partial charge in [-0.25, -0.2) is 4.79 Å². The summed E-state index contributed by atoms with van der Waals surface area (Å²) in [6, 6.07) is 12.9. The molecular formula is C16H17N3O3. The largest absolute Gasteiger partial charge is 0.494 e. The third kappa shape index (κ3) is 4.24. The van der Waals surface area contributed by atoms with Crippen molar-refractivity contribution in [3.8, 4) is 5.75 Å². The Labute approximate surface area is 128 Å². The third-order valence-electron chi connectivity index (χ3n) is 2.82. The number of hydrogen-bond donors (Lipinski definition) is 3. The molecule has 0 fully saturated rings. The second-order valence-corrected chi connectivity index (χ2v) is 4.48. The standard InChI is InChI=1S/C16H17N3O3/c1-2-22-14-8-6-11(7-9-14)15(20)18-12-4-3-5-13(10-12)19-16(17)21/h3-10H,2H2,1H3,(H,18,20)(H3,17,19,21). The second-order valence-electron chi connectivity index (χ2n) is 4.48. The van der Waals surface area contributed by atoms with E-state index in [1.807, 2.05) is 6.92 Å². The topological polar surface area (TPSA) is 93.4 Å². The summed E-state index contributed by atoms with van der Waals surface area (Å²) in [6.07, 6.45) is 0. The molecule has 2 aromatic rings. The SMILES string of the molecule is CCOc1ccc(C(=O)Nc2cccc(NC(N)=O)c2)cc1. The Morgan fingerprint density at radius 1 is 1.05 bits per heavy atom. The molecular weight excluding hydrogens is 282 g/mol. The first kappa shape index (κ1) is 15.4. The van der Waals surface area contributed by atoms with Gasteiger partial charge in [-0.05, 0) is 49.4 Å². The molecule has 0 heterocycles. The summed E-state index contributed by atoms with van der Waals surface area (Å²) in [5.74, 6) is 0.464. The predicted molar refractivity (Wildman–Crippen MR) is 85.2 cm³/mol. The fourth-order valence-corrected chi connectivity index (χ4v) is 1.89. The van der Waals surface area contributed by atoms with Gasteiger partial charge in [0, 0.05) is 16.9 Å². The van der Waals surface area contributed by atoms with Crippen LogP contribution in [0.3, 0.4) is 0 Å². The van der Waals surface area contributed by atoms with Crippen molar-refractivity contribution in [2.45, 2.75) is 6.92 Å². The number of nitrogens with two attached hydrogens (primary N) is 1. The molecule has 0 radical (unpaired) electrons. The molecule has 2 aromatic carbocycles. The minimum atomic E-state index is -0.657. The maximum Gasteiger partial charge on any atom is 0.316 e. The zero-order valence-electron chi connectivity index (χ0n) is 12.1. The molecule has 0 aliphatic rings. The summed E-state index contributed by atoms with van der Waals surface area (Å²) in [5.41, 5.74) is 6.64. The van der Waals surface area contributed by atoms with Gasteiger partial charge in [0.15, 0.2) is 0 Å². The molecule has 114 valence electrons. The van der Waals surface area contributed by atoms with Gasteiger partial charge < -0.3 is 21.1 Å². The molecule has 0 aromatic heterocycles. The first-order valence-electron chi connectivity index (χ1n) is 6.79. The van der Waals surface area contributed by atoms with Gasteiger partial charge >= 0.3 is 6.03 Å².